The molecule has 2 saturated heterocycles. The Morgan fingerprint density at radius 3 is 2.52 bits per heavy atom. The lowest BCUT2D eigenvalue weighted by atomic mass is 9.96. The van der Waals surface area contributed by atoms with Crippen LogP contribution in [0.4, 0.5) is 0 Å². The molecule has 0 saturated carbocycles. The maximum atomic E-state index is 13.2. The molecule has 1 atom stereocenters. The van der Waals surface area contributed by atoms with Gasteiger partial charge in [-0.05, 0) is 69.9 Å². The monoisotopic (exact) mass is 449 g/mol. The average Bonchev–Trinajstić information content (AvgIpc) is 3.30. The molecule has 1 aliphatic carbocycles. The molecular weight excluding hydrogens is 418 g/mol. The summed E-state index contributed by atoms with van der Waals surface area (Å²) in [6.07, 6.45) is 9.42. The number of rotatable bonds is 3. The van der Waals surface area contributed by atoms with Gasteiger partial charge < -0.3 is 14.8 Å². The van der Waals surface area contributed by atoms with Gasteiger partial charge in [0.25, 0.3) is 17.4 Å². The lowest BCUT2D eigenvalue weighted by molar-refractivity contribution is 0.0702. The number of likely N-dealkylation sites (tertiary alicyclic amines) is 2. The molecule has 2 amide bonds. The summed E-state index contributed by atoms with van der Waals surface area (Å²) in [6, 6.07) is 1.79. The van der Waals surface area contributed by atoms with Crippen LogP contribution in [0.5, 0.6) is 0 Å². The third-order valence-corrected chi connectivity index (χ3v) is 7.26. The summed E-state index contributed by atoms with van der Waals surface area (Å²) < 4.78 is 0. The third-order valence-electron chi connectivity index (χ3n) is 7.26. The molecule has 2 aliphatic heterocycles. The van der Waals surface area contributed by atoms with Gasteiger partial charge in [-0.3, -0.25) is 14.4 Å². The fourth-order valence-corrected chi connectivity index (χ4v) is 5.37. The molecule has 3 aliphatic rings. The molecule has 4 heterocycles. The Balaban J connectivity index is 1.32. The Kier molecular flexibility index (Phi) is 6.00. The van der Waals surface area contributed by atoms with Crippen LogP contribution in [0.15, 0.2) is 17.1 Å². The number of nitrogens with one attached hydrogen (secondary N) is 1. The number of carbonyl (C=O) groups is 2. The van der Waals surface area contributed by atoms with Crippen LogP contribution in [0.2, 0.25) is 0 Å². The number of hydrogen-bond donors (Lipinski definition) is 1. The number of pyridine rings is 1. The third kappa shape index (κ3) is 4.30. The first kappa shape index (κ1) is 21.8. The minimum atomic E-state index is -0.296. The van der Waals surface area contributed by atoms with Crippen molar-refractivity contribution in [2.75, 3.05) is 26.2 Å². The van der Waals surface area contributed by atoms with Crippen LogP contribution < -0.4 is 5.56 Å². The first-order valence-electron chi connectivity index (χ1n) is 12.2. The number of nitrogens with zero attached hydrogens (tertiary/aromatic N) is 4. The molecule has 5 rings (SSSR count). The van der Waals surface area contributed by atoms with Crippen molar-refractivity contribution in [2.24, 2.45) is 0 Å². The predicted molar refractivity (Wildman–Crippen MR) is 123 cm³/mol. The SMILES string of the molecule is Cc1nc(C2CCCN(C(=O)c3cc4c([nH]c3=O)CCC4)C2)ncc1C(=O)N1CCCCC1. The Morgan fingerprint density at radius 1 is 0.970 bits per heavy atom. The molecule has 2 aromatic heterocycles. The number of amides is 2. The minimum absolute atomic E-state index is 0.00551. The molecule has 0 spiro atoms. The van der Waals surface area contributed by atoms with Crippen LogP contribution in [-0.2, 0) is 12.8 Å². The topological polar surface area (TPSA) is 99.3 Å². The van der Waals surface area contributed by atoms with Crippen LogP contribution in [-0.4, -0.2) is 62.7 Å². The van der Waals surface area contributed by atoms with E-state index in [4.69, 9.17) is 0 Å². The molecule has 0 radical (unpaired) electrons. The second-order valence-electron chi connectivity index (χ2n) is 9.54. The predicted octanol–water partition coefficient (Wildman–Crippen LogP) is 2.61. The molecule has 33 heavy (non-hydrogen) atoms. The van der Waals surface area contributed by atoms with Crippen molar-refractivity contribution >= 4 is 11.8 Å². The van der Waals surface area contributed by atoms with Crippen LogP contribution in [0.3, 0.4) is 0 Å². The van der Waals surface area contributed by atoms with Crippen LogP contribution in [0.1, 0.15) is 87.9 Å². The molecule has 8 nitrogen and oxygen atoms in total. The number of hydrogen-bond acceptors (Lipinski definition) is 5. The van der Waals surface area contributed by atoms with Gasteiger partial charge in [-0.1, -0.05) is 0 Å². The Bertz CT molecular complexity index is 1140. The van der Waals surface area contributed by atoms with E-state index in [9.17, 15) is 14.4 Å². The van der Waals surface area contributed by atoms with E-state index in [-0.39, 0.29) is 28.9 Å². The van der Waals surface area contributed by atoms with Gasteiger partial charge in [0.2, 0.25) is 0 Å². The summed E-state index contributed by atoms with van der Waals surface area (Å²) in [6.45, 7) is 4.55. The van der Waals surface area contributed by atoms with Crippen molar-refractivity contribution < 1.29 is 9.59 Å². The van der Waals surface area contributed by atoms with E-state index in [1.165, 1.54) is 6.42 Å². The summed E-state index contributed by atoms with van der Waals surface area (Å²) in [5, 5.41) is 0. The van der Waals surface area contributed by atoms with Crippen molar-refractivity contribution in [2.45, 2.75) is 64.2 Å². The van der Waals surface area contributed by atoms with Crippen molar-refractivity contribution in [3.8, 4) is 0 Å². The standard InChI is InChI=1S/C25H31N5O3/c1-16-20(25(33)29-10-3-2-4-11-29)14-26-22(27-16)18-8-6-12-30(15-18)24(32)19-13-17-7-5-9-21(17)28-23(19)31/h13-14,18H,2-12,15H2,1H3,(H,28,31). The zero-order valence-corrected chi connectivity index (χ0v) is 19.2. The molecule has 2 aromatic rings. The van der Waals surface area contributed by atoms with Crippen LogP contribution >= 0.6 is 0 Å². The van der Waals surface area contributed by atoms with Crippen LogP contribution in [0.25, 0.3) is 0 Å². The van der Waals surface area contributed by atoms with Gasteiger partial charge in [0.15, 0.2) is 0 Å². The Labute approximate surface area is 193 Å². The normalized spacial score (nSPS) is 20.6. The largest absolute Gasteiger partial charge is 0.339 e. The lowest BCUT2D eigenvalue weighted by Crippen LogP contribution is -2.41. The van der Waals surface area contributed by atoms with Gasteiger partial charge in [0.05, 0.1) is 11.3 Å². The second kappa shape index (κ2) is 9.08. The van der Waals surface area contributed by atoms with Gasteiger partial charge in [-0.2, -0.15) is 0 Å². The number of aromatic amines is 1. The first-order chi connectivity index (χ1) is 16.0. The fraction of sp³-hybridized carbons (Fsp3) is 0.560. The summed E-state index contributed by atoms with van der Waals surface area (Å²) in [7, 11) is 0. The Hall–Kier alpha value is -3.03. The molecule has 0 bridgehead atoms. The maximum Gasteiger partial charge on any atom is 0.261 e. The lowest BCUT2D eigenvalue weighted by Gasteiger charge is -2.32. The molecule has 174 valence electrons. The molecule has 8 heteroatoms. The van der Waals surface area contributed by atoms with E-state index in [1.54, 1.807) is 17.2 Å². The van der Waals surface area contributed by atoms with E-state index < -0.39 is 0 Å². The molecule has 0 aromatic carbocycles. The molecule has 1 N–H and O–H groups in total. The van der Waals surface area contributed by atoms with Gasteiger partial charge in [0, 0.05) is 44.0 Å². The van der Waals surface area contributed by atoms with Crippen molar-refractivity contribution in [3.05, 3.63) is 56.5 Å². The first-order valence-corrected chi connectivity index (χ1v) is 12.2. The number of piperidine rings is 2. The van der Waals surface area contributed by atoms with E-state index in [2.05, 4.69) is 15.0 Å². The quantitative estimate of drug-likeness (QED) is 0.777. The highest BCUT2D eigenvalue weighted by Gasteiger charge is 2.30. The molecule has 2 fully saturated rings. The van der Waals surface area contributed by atoms with Gasteiger partial charge in [-0.15, -0.1) is 0 Å². The smallest absolute Gasteiger partial charge is 0.261 e. The average molecular weight is 450 g/mol. The molecule has 1 unspecified atom stereocenters. The summed E-state index contributed by atoms with van der Waals surface area (Å²) in [5.74, 6) is 0.455. The maximum absolute atomic E-state index is 13.2. The highest BCUT2D eigenvalue weighted by Crippen LogP contribution is 2.27. The van der Waals surface area contributed by atoms with E-state index >= 15 is 0 Å². The highest BCUT2D eigenvalue weighted by molar-refractivity contribution is 5.95. The summed E-state index contributed by atoms with van der Waals surface area (Å²) in [4.78, 5) is 54.4. The van der Waals surface area contributed by atoms with E-state index in [0.717, 1.165) is 69.3 Å². The van der Waals surface area contributed by atoms with Crippen LogP contribution in [0, 0.1) is 6.92 Å². The number of aromatic nitrogens is 3. The zero-order valence-electron chi connectivity index (χ0n) is 19.2. The second-order valence-corrected chi connectivity index (χ2v) is 9.54. The van der Waals surface area contributed by atoms with Crippen molar-refractivity contribution in [1.29, 1.82) is 0 Å². The number of carbonyl (C=O) groups excluding carboxylic acids is 2. The fourth-order valence-electron chi connectivity index (χ4n) is 5.37. The Morgan fingerprint density at radius 2 is 1.73 bits per heavy atom. The minimum Gasteiger partial charge on any atom is -0.339 e. The highest BCUT2D eigenvalue weighted by atomic mass is 16.2. The summed E-state index contributed by atoms with van der Waals surface area (Å²) in [5.41, 5.74) is 3.24. The van der Waals surface area contributed by atoms with Gasteiger partial charge >= 0.3 is 0 Å². The summed E-state index contributed by atoms with van der Waals surface area (Å²) >= 11 is 0. The number of aryl methyl sites for hydroxylation is 3. The van der Waals surface area contributed by atoms with E-state index in [0.29, 0.717) is 30.2 Å². The van der Waals surface area contributed by atoms with E-state index in [1.807, 2.05) is 11.8 Å². The zero-order chi connectivity index (χ0) is 22.9. The number of fused-ring (bicyclic) bond motifs is 1. The van der Waals surface area contributed by atoms with Gasteiger partial charge in [-0.25, -0.2) is 9.97 Å². The molecular formula is C25H31N5O3. The van der Waals surface area contributed by atoms with Crippen molar-refractivity contribution in [3.63, 3.8) is 0 Å². The van der Waals surface area contributed by atoms with Gasteiger partial charge in [0.1, 0.15) is 11.4 Å². The van der Waals surface area contributed by atoms with Crippen molar-refractivity contribution in [1.82, 2.24) is 24.8 Å². The number of H-pyrrole nitrogens is 1.